The normalized spacial score (nSPS) is 12.1. The largest absolute Gasteiger partial charge is 0.395 e. The fourth-order valence-electron chi connectivity index (χ4n) is 4.80. The van der Waals surface area contributed by atoms with Crippen molar-refractivity contribution in [1.82, 2.24) is 4.90 Å². The lowest BCUT2D eigenvalue weighted by Gasteiger charge is -2.29. The first kappa shape index (κ1) is 34.1. The number of hydrogen-bond donors (Lipinski definition) is 2. The first-order chi connectivity index (χ1) is 17.1. The Labute approximate surface area is 217 Å². The van der Waals surface area contributed by atoms with E-state index < -0.39 is 6.04 Å². The minimum atomic E-state index is -0.809. The van der Waals surface area contributed by atoms with Crippen molar-refractivity contribution in [1.29, 1.82) is 0 Å². The van der Waals surface area contributed by atoms with Crippen molar-refractivity contribution in [2.45, 2.75) is 161 Å². The number of Topliss-reactive ketones (excluding diaryl/α,β-unsaturated/α-hetero) is 1. The number of aliphatic hydroxyl groups excluding tert-OH is 2. The topological polar surface area (TPSA) is 77.8 Å². The molecule has 0 aliphatic heterocycles. The van der Waals surface area contributed by atoms with Crippen molar-refractivity contribution in [3.63, 3.8) is 0 Å². The molecule has 5 heteroatoms. The molecule has 2 N–H and O–H groups in total. The number of nitrogens with zero attached hydrogens (tertiary/aromatic N) is 1. The summed E-state index contributed by atoms with van der Waals surface area (Å²) in [6.07, 6.45) is 24.9. The van der Waals surface area contributed by atoms with Gasteiger partial charge in [-0.05, 0) is 12.8 Å². The number of carbonyl (C=O) groups is 2. The zero-order valence-electron chi connectivity index (χ0n) is 23.4. The van der Waals surface area contributed by atoms with Crippen LogP contribution in [0.25, 0.3) is 0 Å². The van der Waals surface area contributed by atoms with Gasteiger partial charge >= 0.3 is 0 Å². The molecule has 0 aromatic carbocycles. The molecule has 1 atom stereocenters. The third-order valence-electron chi connectivity index (χ3n) is 7.10. The molecule has 0 bridgehead atoms. The molecule has 0 rings (SSSR count). The Morgan fingerprint density at radius 2 is 0.943 bits per heavy atom. The van der Waals surface area contributed by atoms with Crippen LogP contribution in [0, 0.1) is 0 Å². The van der Waals surface area contributed by atoms with Gasteiger partial charge in [-0.3, -0.25) is 9.59 Å². The molecule has 0 aromatic rings. The van der Waals surface area contributed by atoms with Crippen molar-refractivity contribution in [3.8, 4) is 0 Å². The molecule has 0 aromatic heterocycles. The van der Waals surface area contributed by atoms with E-state index in [-0.39, 0.29) is 31.4 Å². The van der Waals surface area contributed by atoms with E-state index in [0.717, 1.165) is 38.5 Å². The maximum Gasteiger partial charge on any atom is 0.223 e. The first-order valence-corrected chi connectivity index (χ1v) is 15.2. The van der Waals surface area contributed by atoms with Gasteiger partial charge in [-0.2, -0.15) is 0 Å². The number of hydrogen-bond acceptors (Lipinski definition) is 4. The Bertz CT molecular complexity index is 483. The van der Waals surface area contributed by atoms with Crippen molar-refractivity contribution < 1.29 is 19.8 Å². The molecule has 1 amide bonds. The van der Waals surface area contributed by atoms with Crippen LogP contribution in [0.2, 0.25) is 0 Å². The average molecular weight is 498 g/mol. The summed E-state index contributed by atoms with van der Waals surface area (Å²) in [5.41, 5.74) is 0. The monoisotopic (exact) mass is 497 g/mol. The van der Waals surface area contributed by atoms with Gasteiger partial charge in [0.25, 0.3) is 0 Å². The molecule has 0 radical (unpaired) electrons. The lowest BCUT2D eigenvalue weighted by Crippen LogP contribution is -2.48. The van der Waals surface area contributed by atoms with Crippen LogP contribution in [0.1, 0.15) is 155 Å². The van der Waals surface area contributed by atoms with Gasteiger partial charge in [0.15, 0.2) is 5.78 Å². The summed E-state index contributed by atoms with van der Waals surface area (Å²) in [5, 5.41) is 19.3. The molecular weight excluding hydrogens is 438 g/mol. The van der Waals surface area contributed by atoms with Gasteiger partial charge in [-0.25, -0.2) is 0 Å². The van der Waals surface area contributed by atoms with E-state index >= 15 is 0 Å². The molecule has 0 fully saturated rings. The molecule has 1 unspecified atom stereocenters. The van der Waals surface area contributed by atoms with Gasteiger partial charge in [0.1, 0.15) is 6.04 Å². The van der Waals surface area contributed by atoms with Gasteiger partial charge in [0.05, 0.1) is 13.2 Å². The lowest BCUT2D eigenvalue weighted by atomic mass is 10.0. The summed E-state index contributed by atoms with van der Waals surface area (Å²) >= 11 is 0. The Morgan fingerprint density at radius 1 is 0.571 bits per heavy atom. The zero-order valence-corrected chi connectivity index (χ0v) is 23.4. The Balaban J connectivity index is 4.09. The minimum absolute atomic E-state index is 0.0730. The number of unbranched alkanes of at least 4 members (excludes halogenated alkanes) is 18. The molecule has 0 saturated heterocycles. The molecular formula is C30H59NO4. The summed E-state index contributed by atoms with van der Waals surface area (Å²) in [5.74, 6) is -0.189. The summed E-state index contributed by atoms with van der Waals surface area (Å²) < 4.78 is 0. The molecule has 0 aliphatic carbocycles. The van der Waals surface area contributed by atoms with Crippen molar-refractivity contribution in [2.75, 3.05) is 19.8 Å². The van der Waals surface area contributed by atoms with Gasteiger partial charge in [0.2, 0.25) is 5.91 Å². The fraction of sp³-hybridized carbons (Fsp3) is 0.933. The highest BCUT2D eigenvalue weighted by Gasteiger charge is 2.27. The third kappa shape index (κ3) is 19.9. The summed E-state index contributed by atoms with van der Waals surface area (Å²) in [7, 11) is 0. The van der Waals surface area contributed by atoms with Gasteiger partial charge in [-0.1, -0.05) is 129 Å². The van der Waals surface area contributed by atoms with Crippen LogP contribution in [0.5, 0.6) is 0 Å². The highest BCUT2D eigenvalue weighted by Crippen LogP contribution is 2.15. The van der Waals surface area contributed by atoms with E-state index in [9.17, 15) is 19.8 Å². The van der Waals surface area contributed by atoms with E-state index in [2.05, 4.69) is 13.8 Å². The van der Waals surface area contributed by atoms with Crippen LogP contribution in [0.3, 0.4) is 0 Å². The average Bonchev–Trinajstić information content (AvgIpc) is 2.86. The van der Waals surface area contributed by atoms with Crippen LogP contribution < -0.4 is 0 Å². The van der Waals surface area contributed by atoms with Crippen LogP contribution in [-0.2, 0) is 9.59 Å². The van der Waals surface area contributed by atoms with Crippen LogP contribution in [0.4, 0.5) is 0 Å². The predicted molar refractivity (Wildman–Crippen MR) is 148 cm³/mol. The number of ketones is 1. The maximum atomic E-state index is 12.8. The summed E-state index contributed by atoms with van der Waals surface area (Å²) in [6, 6.07) is -0.809. The van der Waals surface area contributed by atoms with E-state index in [4.69, 9.17) is 0 Å². The van der Waals surface area contributed by atoms with E-state index in [1.54, 1.807) is 0 Å². The minimum Gasteiger partial charge on any atom is -0.395 e. The molecule has 208 valence electrons. The van der Waals surface area contributed by atoms with Gasteiger partial charge < -0.3 is 15.1 Å². The molecule has 0 saturated carbocycles. The fourth-order valence-corrected chi connectivity index (χ4v) is 4.80. The van der Waals surface area contributed by atoms with Crippen LogP contribution in [-0.4, -0.2) is 52.6 Å². The van der Waals surface area contributed by atoms with Crippen LogP contribution >= 0.6 is 0 Å². The third-order valence-corrected chi connectivity index (χ3v) is 7.10. The van der Waals surface area contributed by atoms with Gasteiger partial charge in [-0.15, -0.1) is 0 Å². The zero-order chi connectivity index (χ0) is 26.0. The van der Waals surface area contributed by atoms with E-state index in [0.29, 0.717) is 12.8 Å². The lowest BCUT2D eigenvalue weighted by molar-refractivity contribution is -0.141. The molecule has 0 spiro atoms. The Morgan fingerprint density at radius 3 is 1.31 bits per heavy atom. The molecule has 0 aliphatic rings. The SMILES string of the molecule is CCCCCCCCCCCCCC(=O)N(CCO)C(CO)C(=O)CCCCCCCCCCC. The number of aliphatic hydroxyl groups is 2. The van der Waals surface area contributed by atoms with Crippen LogP contribution in [0.15, 0.2) is 0 Å². The second kappa shape index (κ2) is 26.1. The second-order valence-electron chi connectivity index (χ2n) is 10.3. The quantitative estimate of drug-likeness (QED) is 0.116. The Kier molecular flexibility index (Phi) is 25.4. The first-order valence-electron chi connectivity index (χ1n) is 15.2. The maximum absolute atomic E-state index is 12.8. The highest BCUT2D eigenvalue weighted by atomic mass is 16.3. The second-order valence-corrected chi connectivity index (χ2v) is 10.3. The molecule has 5 nitrogen and oxygen atoms in total. The number of amides is 1. The number of carbonyl (C=O) groups excluding carboxylic acids is 2. The number of rotatable bonds is 27. The Hall–Kier alpha value is -0.940. The van der Waals surface area contributed by atoms with Crippen molar-refractivity contribution >= 4 is 11.7 Å². The van der Waals surface area contributed by atoms with E-state index in [1.807, 2.05) is 0 Å². The smallest absolute Gasteiger partial charge is 0.223 e. The summed E-state index contributed by atoms with van der Waals surface area (Å²) in [6.45, 7) is 4.04. The standard InChI is InChI=1S/C30H59NO4/c1-3-5-7-9-11-13-14-16-18-20-22-24-30(35)31(25-26-32)28(27-33)29(34)23-21-19-17-15-12-10-8-6-4-2/h28,32-33H,3-27H2,1-2H3. The summed E-state index contributed by atoms with van der Waals surface area (Å²) in [4.78, 5) is 26.9. The van der Waals surface area contributed by atoms with Crippen molar-refractivity contribution in [3.05, 3.63) is 0 Å². The highest BCUT2D eigenvalue weighted by molar-refractivity contribution is 5.89. The van der Waals surface area contributed by atoms with Gasteiger partial charge in [0, 0.05) is 19.4 Å². The van der Waals surface area contributed by atoms with E-state index in [1.165, 1.54) is 94.8 Å². The molecule has 35 heavy (non-hydrogen) atoms. The molecule has 0 heterocycles. The van der Waals surface area contributed by atoms with Crippen molar-refractivity contribution in [2.24, 2.45) is 0 Å². The predicted octanol–water partition coefficient (Wildman–Crippen LogP) is 7.36.